The first-order chi connectivity index (χ1) is 7.06. The molecule has 0 aromatic carbocycles. The molecule has 0 N–H and O–H groups in total. The monoisotopic (exact) mass is 236 g/mol. The maximum Gasteiger partial charge on any atom is 0.341 e. The maximum absolute atomic E-state index is 12.2. The zero-order valence-electron chi connectivity index (χ0n) is 7.71. The van der Waals surface area contributed by atoms with Crippen molar-refractivity contribution in [2.45, 2.75) is 13.3 Å². The molecule has 0 amide bonds. The van der Waals surface area contributed by atoms with Crippen LogP contribution in [0.2, 0.25) is 5.15 Å². The van der Waals surface area contributed by atoms with Crippen molar-refractivity contribution in [3.05, 3.63) is 22.5 Å². The summed E-state index contributed by atoms with van der Waals surface area (Å²) in [4.78, 5) is 11.2. The van der Waals surface area contributed by atoms with Crippen LogP contribution in [0.1, 0.15) is 29.4 Å². The van der Waals surface area contributed by atoms with Crippen molar-refractivity contribution < 1.29 is 18.3 Å². The van der Waals surface area contributed by atoms with Crippen LogP contribution in [0.25, 0.3) is 0 Å². The SMILES string of the molecule is CCOC(=O)c1cc(C(F)F)nnc1Cl. The van der Waals surface area contributed by atoms with Gasteiger partial charge in [0.25, 0.3) is 6.43 Å². The van der Waals surface area contributed by atoms with E-state index in [0.29, 0.717) is 0 Å². The van der Waals surface area contributed by atoms with Gasteiger partial charge in [-0.2, -0.15) is 0 Å². The predicted molar refractivity (Wildman–Crippen MR) is 48.0 cm³/mol. The molecule has 82 valence electrons. The molecule has 1 rings (SSSR count). The highest BCUT2D eigenvalue weighted by Crippen LogP contribution is 2.20. The third-order valence-corrected chi connectivity index (χ3v) is 1.77. The van der Waals surface area contributed by atoms with Crippen LogP contribution in [0.5, 0.6) is 0 Å². The lowest BCUT2D eigenvalue weighted by molar-refractivity contribution is 0.0525. The van der Waals surface area contributed by atoms with Crippen molar-refractivity contribution in [2.75, 3.05) is 6.61 Å². The van der Waals surface area contributed by atoms with Gasteiger partial charge in [-0.3, -0.25) is 0 Å². The fraction of sp³-hybridized carbons (Fsp3) is 0.375. The van der Waals surface area contributed by atoms with E-state index in [-0.39, 0.29) is 17.3 Å². The summed E-state index contributed by atoms with van der Waals surface area (Å²) < 4.78 is 29.1. The molecule has 7 heteroatoms. The lowest BCUT2D eigenvalue weighted by atomic mass is 10.2. The van der Waals surface area contributed by atoms with Gasteiger partial charge in [0, 0.05) is 0 Å². The minimum absolute atomic E-state index is 0.126. The summed E-state index contributed by atoms with van der Waals surface area (Å²) >= 11 is 5.51. The number of rotatable bonds is 3. The molecule has 0 aliphatic rings. The van der Waals surface area contributed by atoms with Gasteiger partial charge in [0.15, 0.2) is 5.15 Å². The zero-order valence-corrected chi connectivity index (χ0v) is 8.46. The number of hydrogen-bond donors (Lipinski definition) is 0. The van der Waals surface area contributed by atoms with E-state index in [1.165, 1.54) is 0 Å². The highest BCUT2D eigenvalue weighted by molar-refractivity contribution is 6.32. The third-order valence-electron chi connectivity index (χ3n) is 1.49. The summed E-state index contributed by atoms with van der Waals surface area (Å²) in [5.74, 6) is -0.792. The summed E-state index contributed by atoms with van der Waals surface area (Å²) in [5.41, 5.74) is -0.814. The number of nitrogens with zero attached hydrogens (tertiary/aromatic N) is 2. The number of ether oxygens (including phenoxy) is 1. The number of aromatic nitrogens is 2. The van der Waals surface area contributed by atoms with E-state index >= 15 is 0 Å². The molecule has 0 aliphatic heterocycles. The summed E-state index contributed by atoms with van der Waals surface area (Å²) in [6.45, 7) is 1.72. The fourth-order valence-corrected chi connectivity index (χ4v) is 1.02. The Morgan fingerprint density at radius 1 is 1.60 bits per heavy atom. The van der Waals surface area contributed by atoms with E-state index < -0.39 is 18.1 Å². The molecule has 0 fully saturated rings. The molecule has 15 heavy (non-hydrogen) atoms. The van der Waals surface area contributed by atoms with Gasteiger partial charge in [0.05, 0.1) is 6.61 Å². The van der Waals surface area contributed by atoms with Crippen LogP contribution in [-0.2, 0) is 4.74 Å². The van der Waals surface area contributed by atoms with E-state index in [0.717, 1.165) is 6.07 Å². The molecule has 0 radical (unpaired) electrons. The number of hydrogen-bond acceptors (Lipinski definition) is 4. The van der Waals surface area contributed by atoms with E-state index in [9.17, 15) is 13.6 Å². The van der Waals surface area contributed by atoms with Crippen LogP contribution in [0.3, 0.4) is 0 Å². The Hall–Kier alpha value is -1.30. The van der Waals surface area contributed by atoms with Gasteiger partial charge in [0.2, 0.25) is 0 Å². The lowest BCUT2D eigenvalue weighted by Gasteiger charge is -2.04. The van der Waals surface area contributed by atoms with E-state index in [4.69, 9.17) is 11.6 Å². The summed E-state index contributed by atoms with van der Waals surface area (Å²) in [5, 5.41) is 6.13. The highest BCUT2D eigenvalue weighted by Gasteiger charge is 2.18. The Morgan fingerprint density at radius 3 is 2.80 bits per heavy atom. The smallest absolute Gasteiger partial charge is 0.341 e. The average molecular weight is 237 g/mol. The molecular weight excluding hydrogens is 230 g/mol. The normalized spacial score (nSPS) is 10.5. The minimum atomic E-state index is -2.80. The lowest BCUT2D eigenvalue weighted by Crippen LogP contribution is -2.08. The third kappa shape index (κ3) is 2.82. The maximum atomic E-state index is 12.2. The molecular formula is C8H7ClF2N2O2. The quantitative estimate of drug-likeness (QED) is 0.756. The first-order valence-corrected chi connectivity index (χ1v) is 4.42. The van der Waals surface area contributed by atoms with Gasteiger partial charge in [0.1, 0.15) is 11.3 Å². The van der Waals surface area contributed by atoms with Crippen molar-refractivity contribution in [3.8, 4) is 0 Å². The fourth-order valence-electron chi connectivity index (χ4n) is 0.850. The summed E-state index contributed by atoms with van der Waals surface area (Å²) in [6, 6.07) is 0.873. The summed E-state index contributed by atoms with van der Waals surface area (Å²) in [6.07, 6.45) is -2.80. The Morgan fingerprint density at radius 2 is 2.27 bits per heavy atom. The molecule has 4 nitrogen and oxygen atoms in total. The number of esters is 1. The molecule has 0 spiro atoms. The molecule has 0 aliphatic carbocycles. The molecule has 0 saturated carbocycles. The Bertz CT molecular complexity index is 374. The Balaban J connectivity index is 3.05. The second-order valence-electron chi connectivity index (χ2n) is 2.49. The molecule has 1 aromatic heterocycles. The van der Waals surface area contributed by atoms with Crippen LogP contribution in [0.15, 0.2) is 6.07 Å². The van der Waals surface area contributed by atoms with E-state index in [2.05, 4.69) is 14.9 Å². The molecule has 0 unspecified atom stereocenters. The van der Waals surface area contributed by atoms with E-state index in [1.54, 1.807) is 6.92 Å². The number of halogens is 3. The molecule has 1 aromatic rings. The topological polar surface area (TPSA) is 52.1 Å². The van der Waals surface area contributed by atoms with Gasteiger partial charge in [-0.1, -0.05) is 11.6 Å². The molecule has 0 saturated heterocycles. The Kier molecular flexibility index (Phi) is 3.90. The molecule has 1 heterocycles. The van der Waals surface area contributed by atoms with Crippen molar-refractivity contribution in [1.82, 2.24) is 10.2 Å². The first kappa shape index (κ1) is 11.8. The van der Waals surface area contributed by atoms with Crippen LogP contribution in [0, 0.1) is 0 Å². The standard InChI is InChI=1S/C8H7ClF2N2O2/c1-2-15-8(14)4-3-5(7(10)11)12-13-6(4)9/h3,7H,2H2,1H3. The number of carbonyl (C=O) groups excluding carboxylic acids is 1. The van der Waals surface area contributed by atoms with Crippen molar-refractivity contribution in [1.29, 1.82) is 0 Å². The molecule has 0 bridgehead atoms. The van der Waals surface area contributed by atoms with Crippen LogP contribution in [0.4, 0.5) is 8.78 Å². The second kappa shape index (κ2) is 4.97. The minimum Gasteiger partial charge on any atom is -0.462 e. The van der Waals surface area contributed by atoms with Crippen molar-refractivity contribution >= 4 is 17.6 Å². The van der Waals surface area contributed by atoms with Crippen LogP contribution >= 0.6 is 11.6 Å². The zero-order chi connectivity index (χ0) is 11.4. The van der Waals surface area contributed by atoms with Gasteiger partial charge >= 0.3 is 5.97 Å². The highest BCUT2D eigenvalue weighted by atomic mass is 35.5. The largest absolute Gasteiger partial charge is 0.462 e. The number of carbonyl (C=O) groups is 1. The van der Waals surface area contributed by atoms with Crippen molar-refractivity contribution in [2.24, 2.45) is 0 Å². The van der Waals surface area contributed by atoms with E-state index in [1.807, 2.05) is 0 Å². The van der Waals surface area contributed by atoms with Gasteiger partial charge in [-0.25, -0.2) is 13.6 Å². The molecule has 0 atom stereocenters. The summed E-state index contributed by atoms with van der Waals surface area (Å²) in [7, 11) is 0. The van der Waals surface area contributed by atoms with Crippen LogP contribution in [-0.4, -0.2) is 22.8 Å². The van der Waals surface area contributed by atoms with Gasteiger partial charge < -0.3 is 4.74 Å². The van der Waals surface area contributed by atoms with Gasteiger partial charge in [-0.05, 0) is 13.0 Å². The number of alkyl halides is 2. The van der Waals surface area contributed by atoms with Crippen molar-refractivity contribution in [3.63, 3.8) is 0 Å². The second-order valence-corrected chi connectivity index (χ2v) is 2.85. The van der Waals surface area contributed by atoms with Gasteiger partial charge in [-0.15, -0.1) is 10.2 Å². The predicted octanol–water partition coefficient (Wildman–Crippen LogP) is 2.24. The Labute approximate surface area is 89.2 Å². The first-order valence-electron chi connectivity index (χ1n) is 4.04. The average Bonchev–Trinajstić information content (AvgIpc) is 2.18. The van der Waals surface area contributed by atoms with Crippen LogP contribution < -0.4 is 0 Å².